The molecule has 0 atom stereocenters. The van der Waals surface area contributed by atoms with Gasteiger partial charge >= 0.3 is 0 Å². The molecule has 2 aliphatic rings. The quantitative estimate of drug-likeness (QED) is 0.763. The lowest BCUT2D eigenvalue weighted by Gasteiger charge is -2.35. The molecule has 0 saturated carbocycles. The zero-order valence-electron chi connectivity index (χ0n) is 13.0. The number of halogens is 1. The highest BCUT2D eigenvalue weighted by Crippen LogP contribution is 2.29. The van der Waals surface area contributed by atoms with Crippen molar-refractivity contribution in [2.24, 2.45) is 0 Å². The number of morpholine rings is 1. The van der Waals surface area contributed by atoms with Crippen molar-refractivity contribution in [2.75, 3.05) is 57.4 Å². The highest BCUT2D eigenvalue weighted by atomic mass is 79.9. The van der Waals surface area contributed by atoms with Gasteiger partial charge in [0.15, 0.2) is 0 Å². The summed E-state index contributed by atoms with van der Waals surface area (Å²) in [6, 6.07) is 6.58. The van der Waals surface area contributed by atoms with E-state index in [0.29, 0.717) is 0 Å². The fourth-order valence-electron chi connectivity index (χ4n) is 3.20. The Kier molecular flexibility index (Phi) is 5.52. The van der Waals surface area contributed by atoms with Crippen molar-refractivity contribution in [3.8, 4) is 0 Å². The van der Waals surface area contributed by atoms with Gasteiger partial charge in [0.1, 0.15) is 0 Å². The molecule has 0 amide bonds. The number of ether oxygens (including phenoxy) is 1. The molecule has 0 bridgehead atoms. The van der Waals surface area contributed by atoms with Crippen LogP contribution in [-0.2, 0) is 11.3 Å². The van der Waals surface area contributed by atoms with Crippen molar-refractivity contribution in [3.05, 3.63) is 35.9 Å². The van der Waals surface area contributed by atoms with E-state index in [1.165, 1.54) is 16.8 Å². The molecule has 1 aromatic rings. The molecular formula is C17H24BrN3O. The van der Waals surface area contributed by atoms with Gasteiger partial charge in [0.2, 0.25) is 0 Å². The van der Waals surface area contributed by atoms with Gasteiger partial charge in [-0.3, -0.25) is 4.90 Å². The average Bonchev–Trinajstić information content (AvgIpc) is 2.57. The Hall–Kier alpha value is -0.880. The summed E-state index contributed by atoms with van der Waals surface area (Å²) in [5.41, 5.74) is 3.99. The second-order valence-corrected chi connectivity index (χ2v) is 6.85. The number of rotatable bonds is 4. The fourth-order valence-corrected chi connectivity index (χ4v) is 3.52. The summed E-state index contributed by atoms with van der Waals surface area (Å²) in [7, 11) is 0. The molecule has 22 heavy (non-hydrogen) atoms. The van der Waals surface area contributed by atoms with Crippen LogP contribution in [-0.4, -0.2) is 61.3 Å². The van der Waals surface area contributed by atoms with Crippen molar-refractivity contribution in [3.63, 3.8) is 0 Å². The monoisotopic (exact) mass is 365 g/mol. The first-order valence-corrected chi connectivity index (χ1v) is 8.69. The maximum absolute atomic E-state index is 5.51. The highest BCUT2D eigenvalue weighted by Gasteiger charge is 2.20. The number of para-hydroxylation sites is 1. The third-order valence-corrected chi connectivity index (χ3v) is 5.12. The van der Waals surface area contributed by atoms with Gasteiger partial charge in [-0.15, -0.1) is 0 Å². The van der Waals surface area contributed by atoms with E-state index in [1.54, 1.807) is 0 Å². The Morgan fingerprint density at radius 1 is 1.09 bits per heavy atom. The van der Waals surface area contributed by atoms with E-state index in [9.17, 15) is 0 Å². The predicted octanol–water partition coefficient (Wildman–Crippen LogP) is 2.59. The number of benzene rings is 1. The minimum Gasteiger partial charge on any atom is -0.378 e. The Morgan fingerprint density at radius 3 is 2.50 bits per heavy atom. The Morgan fingerprint density at radius 2 is 1.82 bits per heavy atom. The molecule has 0 N–H and O–H groups in total. The average molecular weight is 366 g/mol. The normalized spacial score (nSPS) is 21.0. The summed E-state index contributed by atoms with van der Waals surface area (Å²) in [5, 5.41) is 0. The van der Waals surface area contributed by atoms with Crippen LogP contribution in [0.25, 0.3) is 6.08 Å². The van der Waals surface area contributed by atoms with Gasteiger partial charge in [-0.25, -0.2) is 3.93 Å². The van der Waals surface area contributed by atoms with E-state index in [4.69, 9.17) is 4.74 Å². The third-order valence-electron chi connectivity index (χ3n) is 4.41. The minimum absolute atomic E-state index is 0.813. The molecule has 5 heteroatoms. The topological polar surface area (TPSA) is 19.0 Å². The molecule has 0 aromatic heterocycles. The first-order valence-electron chi connectivity index (χ1n) is 7.98. The molecule has 2 fully saturated rings. The molecule has 2 aliphatic heterocycles. The Balaban J connectivity index is 1.81. The van der Waals surface area contributed by atoms with Crippen molar-refractivity contribution < 1.29 is 4.74 Å². The van der Waals surface area contributed by atoms with Crippen LogP contribution in [0.4, 0.5) is 5.69 Å². The first kappa shape index (κ1) is 16.0. The van der Waals surface area contributed by atoms with Gasteiger partial charge in [0.25, 0.3) is 0 Å². The van der Waals surface area contributed by atoms with Gasteiger partial charge in [-0.2, -0.15) is 0 Å². The van der Waals surface area contributed by atoms with Gasteiger partial charge in [0.05, 0.1) is 13.2 Å². The molecule has 0 unspecified atom stereocenters. The van der Waals surface area contributed by atoms with Crippen LogP contribution in [0.2, 0.25) is 0 Å². The van der Waals surface area contributed by atoms with E-state index in [2.05, 4.69) is 54.7 Å². The SMILES string of the molecule is C=Cc1cccc(CN2CCN(Br)CC2)c1N1CCOCC1. The van der Waals surface area contributed by atoms with Crippen LogP contribution in [0.1, 0.15) is 11.1 Å². The summed E-state index contributed by atoms with van der Waals surface area (Å²) in [6.45, 7) is 12.9. The van der Waals surface area contributed by atoms with Crippen LogP contribution >= 0.6 is 16.1 Å². The summed E-state index contributed by atoms with van der Waals surface area (Å²) >= 11 is 3.57. The minimum atomic E-state index is 0.813. The highest BCUT2D eigenvalue weighted by molar-refractivity contribution is 9.07. The Labute approximate surface area is 141 Å². The number of piperazine rings is 1. The van der Waals surface area contributed by atoms with Crippen molar-refractivity contribution in [1.29, 1.82) is 0 Å². The van der Waals surface area contributed by atoms with E-state index in [0.717, 1.165) is 59.0 Å². The molecular weight excluding hydrogens is 342 g/mol. The number of anilines is 1. The summed E-state index contributed by atoms with van der Waals surface area (Å²) < 4.78 is 7.72. The second kappa shape index (κ2) is 7.59. The van der Waals surface area contributed by atoms with E-state index < -0.39 is 0 Å². The molecule has 1 aromatic carbocycles. The molecule has 2 heterocycles. The molecule has 2 saturated heterocycles. The lowest BCUT2D eigenvalue weighted by Crippen LogP contribution is -2.42. The van der Waals surface area contributed by atoms with Gasteiger partial charge < -0.3 is 9.64 Å². The number of hydrogen-bond acceptors (Lipinski definition) is 4. The standard InChI is InChI=1S/C17H24BrN3O/c1-2-15-4-3-5-16(14-19-6-8-21(18)9-7-19)17(15)20-10-12-22-13-11-20/h2-5H,1,6-14H2. The summed E-state index contributed by atoms with van der Waals surface area (Å²) in [5.74, 6) is 0. The zero-order valence-corrected chi connectivity index (χ0v) is 14.6. The molecule has 4 nitrogen and oxygen atoms in total. The van der Waals surface area contributed by atoms with Crippen LogP contribution in [0.3, 0.4) is 0 Å². The maximum atomic E-state index is 5.51. The maximum Gasteiger partial charge on any atom is 0.0642 e. The smallest absolute Gasteiger partial charge is 0.0642 e. The van der Waals surface area contributed by atoms with Crippen molar-refractivity contribution in [1.82, 2.24) is 8.83 Å². The molecule has 0 aliphatic carbocycles. The van der Waals surface area contributed by atoms with E-state index in [1.807, 2.05) is 6.08 Å². The predicted molar refractivity (Wildman–Crippen MR) is 95.3 cm³/mol. The summed E-state index contributed by atoms with van der Waals surface area (Å²) in [4.78, 5) is 4.99. The number of nitrogens with zero attached hydrogens (tertiary/aromatic N) is 3. The molecule has 0 spiro atoms. The van der Waals surface area contributed by atoms with Crippen LogP contribution in [0, 0.1) is 0 Å². The first-order chi connectivity index (χ1) is 10.8. The molecule has 120 valence electrons. The van der Waals surface area contributed by atoms with Crippen LogP contribution in [0.5, 0.6) is 0 Å². The van der Waals surface area contributed by atoms with Gasteiger partial charge in [0, 0.05) is 67.6 Å². The van der Waals surface area contributed by atoms with E-state index in [-0.39, 0.29) is 0 Å². The third kappa shape index (κ3) is 3.71. The molecule has 0 radical (unpaired) electrons. The van der Waals surface area contributed by atoms with Crippen molar-refractivity contribution in [2.45, 2.75) is 6.54 Å². The van der Waals surface area contributed by atoms with E-state index >= 15 is 0 Å². The van der Waals surface area contributed by atoms with Crippen molar-refractivity contribution >= 4 is 27.9 Å². The summed E-state index contributed by atoms with van der Waals surface area (Å²) in [6.07, 6.45) is 1.98. The Bertz CT molecular complexity index is 509. The van der Waals surface area contributed by atoms with Gasteiger partial charge in [-0.1, -0.05) is 30.9 Å². The second-order valence-electron chi connectivity index (χ2n) is 5.84. The van der Waals surface area contributed by atoms with Crippen LogP contribution in [0.15, 0.2) is 24.8 Å². The lowest BCUT2D eigenvalue weighted by atomic mass is 10.0. The lowest BCUT2D eigenvalue weighted by molar-refractivity contribution is 0.122. The van der Waals surface area contributed by atoms with Gasteiger partial charge in [-0.05, 0) is 11.1 Å². The van der Waals surface area contributed by atoms with Crippen LogP contribution < -0.4 is 4.90 Å². The largest absolute Gasteiger partial charge is 0.378 e. The number of hydrogen-bond donors (Lipinski definition) is 0. The molecule has 3 rings (SSSR count). The zero-order chi connectivity index (χ0) is 15.4. The fraction of sp³-hybridized carbons (Fsp3) is 0.529.